The molecule has 1 atom stereocenters. The zero-order valence-corrected chi connectivity index (χ0v) is 18.7. The minimum Gasteiger partial charge on any atom is -0.356 e. The number of nitrogens with zero attached hydrogens (tertiary/aromatic N) is 2. The van der Waals surface area contributed by atoms with Gasteiger partial charge in [0.25, 0.3) is 0 Å². The highest BCUT2D eigenvalue weighted by Crippen LogP contribution is 2.18. The number of halogens is 1. The Morgan fingerprint density at radius 3 is 2.75 bits per heavy atom. The molecule has 0 saturated heterocycles. The summed E-state index contributed by atoms with van der Waals surface area (Å²) in [5, 5.41) is 12.3. The summed E-state index contributed by atoms with van der Waals surface area (Å²) < 4.78 is 0. The van der Waals surface area contributed by atoms with Gasteiger partial charge in [-0.2, -0.15) is 11.3 Å². The van der Waals surface area contributed by atoms with Gasteiger partial charge in [0.1, 0.15) is 0 Å². The summed E-state index contributed by atoms with van der Waals surface area (Å²) in [7, 11) is 1.81. The van der Waals surface area contributed by atoms with Crippen LogP contribution in [0.5, 0.6) is 0 Å². The molecule has 1 unspecified atom stereocenters. The van der Waals surface area contributed by atoms with E-state index in [2.05, 4.69) is 58.2 Å². The summed E-state index contributed by atoms with van der Waals surface area (Å²) in [6.07, 6.45) is 1.95. The Kier molecular flexibility index (Phi) is 9.84. The number of aryl methyl sites for hydroxylation is 2. The second-order valence-electron chi connectivity index (χ2n) is 5.55. The number of thiazole rings is 1. The first kappa shape index (κ1) is 21.4. The van der Waals surface area contributed by atoms with Gasteiger partial charge in [-0.15, -0.1) is 35.3 Å². The fraction of sp³-hybridized carbons (Fsp3) is 0.529. The van der Waals surface area contributed by atoms with E-state index in [-0.39, 0.29) is 24.0 Å². The molecule has 0 aliphatic rings. The van der Waals surface area contributed by atoms with Crippen molar-refractivity contribution >= 4 is 52.6 Å². The van der Waals surface area contributed by atoms with Crippen molar-refractivity contribution in [2.75, 3.05) is 20.1 Å². The number of rotatable bonds is 7. The molecule has 0 aliphatic heterocycles. The first-order valence-electron chi connectivity index (χ1n) is 8.05. The molecule has 0 saturated carbocycles. The molecule has 0 spiro atoms. The molecule has 2 aromatic rings. The average Bonchev–Trinajstić information content (AvgIpc) is 3.20. The summed E-state index contributed by atoms with van der Waals surface area (Å²) >= 11 is 3.55. The Morgan fingerprint density at radius 1 is 1.38 bits per heavy atom. The number of hydrogen-bond donors (Lipinski definition) is 2. The van der Waals surface area contributed by atoms with E-state index in [1.165, 1.54) is 21.1 Å². The molecule has 0 amide bonds. The molecule has 0 aliphatic carbocycles. The van der Waals surface area contributed by atoms with Crippen LogP contribution < -0.4 is 10.6 Å². The fourth-order valence-electron chi connectivity index (χ4n) is 2.35. The van der Waals surface area contributed by atoms with Crippen LogP contribution in [0.15, 0.2) is 21.8 Å². The van der Waals surface area contributed by atoms with Gasteiger partial charge in [0, 0.05) is 31.4 Å². The van der Waals surface area contributed by atoms with Crippen molar-refractivity contribution < 1.29 is 0 Å². The standard InChI is InChI=1S/C17H26N4S2.HI/c1-5-15-13(3)23-16(21-15)6-8-19-17(18-4)20-10-12(2)14-7-9-22-11-14;/h7,9,11-12H,5-6,8,10H2,1-4H3,(H2,18,19,20);1H. The predicted octanol–water partition coefficient (Wildman–Crippen LogP) is 4.20. The molecular formula is C17H27IN4S2. The van der Waals surface area contributed by atoms with E-state index in [0.29, 0.717) is 5.92 Å². The molecule has 2 rings (SSSR count). The molecule has 134 valence electrons. The van der Waals surface area contributed by atoms with Crippen molar-refractivity contribution in [3.63, 3.8) is 0 Å². The van der Waals surface area contributed by atoms with Crippen LogP contribution in [0, 0.1) is 6.92 Å². The van der Waals surface area contributed by atoms with Gasteiger partial charge >= 0.3 is 0 Å². The maximum Gasteiger partial charge on any atom is 0.191 e. The highest BCUT2D eigenvalue weighted by Gasteiger charge is 2.08. The van der Waals surface area contributed by atoms with Gasteiger partial charge in [-0.25, -0.2) is 4.98 Å². The van der Waals surface area contributed by atoms with Crippen molar-refractivity contribution in [2.45, 2.75) is 39.5 Å². The lowest BCUT2D eigenvalue weighted by molar-refractivity contribution is 0.699. The van der Waals surface area contributed by atoms with Crippen molar-refractivity contribution in [1.29, 1.82) is 0 Å². The van der Waals surface area contributed by atoms with E-state index in [9.17, 15) is 0 Å². The van der Waals surface area contributed by atoms with Gasteiger partial charge in [-0.05, 0) is 41.7 Å². The predicted molar refractivity (Wildman–Crippen MR) is 117 cm³/mol. The Labute approximate surface area is 170 Å². The molecule has 4 nitrogen and oxygen atoms in total. The Bertz CT molecular complexity index is 623. The van der Waals surface area contributed by atoms with Crippen LogP contribution in [0.4, 0.5) is 0 Å². The van der Waals surface area contributed by atoms with Crippen molar-refractivity contribution in [1.82, 2.24) is 15.6 Å². The first-order chi connectivity index (χ1) is 11.1. The molecule has 2 N–H and O–H groups in total. The van der Waals surface area contributed by atoms with Crippen LogP contribution in [-0.4, -0.2) is 31.1 Å². The highest BCUT2D eigenvalue weighted by molar-refractivity contribution is 14.0. The van der Waals surface area contributed by atoms with Crippen LogP contribution >= 0.6 is 46.7 Å². The third kappa shape index (κ3) is 6.33. The number of hydrogen-bond acceptors (Lipinski definition) is 4. The van der Waals surface area contributed by atoms with Gasteiger partial charge in [-0.1, -0.05) is 13.8 Å². The molecule has 2 aromatic heterocycles. The van der Waals surface area contributed by atoms with Gasteiger partial charge in [0.15, 0.2) is 5.96 Å². The number of thiophene rings is 1. The van der Waals surface area contributed by atoms with Crippen LogP contribution in [0.3, 0.4) is 0 Å². The largest absolute Gasteiger partial charge is 0.356 e. The molecular weight excluding hydrogens is 451 g/mol. The molecule has 2 heterocycles. The van der Waals surface area contributed by atoms with E-state index >= 15 is 0 Å². The minimum atomic E-state index is 0. The number of aromatic nitrogens is 1. The first-order valence-corrected chi connectivity index (χ1v) is 9.81. The summed E-state index contributed by atoms with van der Waals surface area (Å²) in [5.74, 6) is 1.34. The van der Waals surface area contributed by atoms with Crippen LogP contribution in [0.2, 0.25) is 0 Å². The van der Waals surface area contributed by atoms with Crippen molar-refractivity contribution in [2.24, 2.45) is 4.99 Å². The molecule has 0 fully saturated rings. The van der Waals surface area contributed by atoms with E-state index in [4.69, 9.17) is 0 Å². The van der Waals surface area contributed by atoms with Crippen molar-refractivity contribution in [3.8, 4) is 0 Å². The normalized spacial score (nSPS) is 12.6. The Hall–Kier alpha value is -0.670. The molecule has 24 heavy (non-hydrogen) atoms. The van der Waals surface area contributed by atoms with E-state index in [0.717, 1.165) is 31.9 Å². The number of aliphatic imine (C=N–C) groups is 1. The summed E-state index contributed by atoms with van der Waals surface area (Å²) in [6.45, 7) is 8.27. The van der Waals surface area contributed by atoms with Crippen LogP contribution in [-0.2, 0) is 12.8 Å². The molecule has 0 bridgehead atoms. The molecule has 7 heteroatoms. The smallest absolute Gasteiger partial charge is 0.191 e. The zero-order valence-electron chi connectivity index (χ0n) is 14.8. The second-order valence-corrected chi connectivity index (χ2v) is 7.62. The SMILES string of the molecule is CCc1nc(CCNC(=NC)NCC(C)c2ccsc2)sc1C.I. The second kappa shape index (κ2) is 11.0. The topological polar surface area (TPSA) is 49.3 Å². The summed E-state index contributed by atoms with van der Waals surface area (Å²) in [5.41, 5.74) is 2.61. The van der Waals surface area contributed by atoms with E-state index < -0.39 is 0 Å². The average molecular weight is 478 g/mol. The third-order valence-electron chi connectivity index (χ3n) is 3.81. The van der Waals surface area contributed by atoms with E-state index in [1.807, 2.05) is 7.05 Å². The summed E-state index contributed by atoms with van der Waals surface area (Å²) in [6, 6.07) is 2.18. The van der Waals surface area contributed by atoms with Crippen LogP contribution in [0.25, 0.3) is 0 Å². The van der Waals surface area contributed by atoms with Gasteiger partial charge < -0.3 is 10.6 Å². The highest BCUT2D eigenvalue weighted by atomic mass is 127. The van der Waals surface area contributed by atoms with E-state index in [1.54, 1.807) is 22.7 Å². The lowest BCUT2D eigenvalue weighted by Gasteiger charge is -2.15. The van der Waals surface area contributed by atoms with Crippen molar-refractivity contribution in [3.05, 3.63) is 38.0 Å². The third-order valence-corrected chi connectivity index (χ3v) is 5.59. The monoisotopic (exact) mass is 478 g/mol. The molecule has 0 aromatic carbocycles. The number of guanidine groups is 1. The van der Waals surface area contributed by atoms with Crippen LogP contribution in [0.1, 0.15) is 40.9 Å². The Morgan fingerprint density at radius 2 is 2.17 bits per heavy atom. The zero-order chi connectivity index (χ0) is 16.7. The lowest BCUT2D eigenvalue weighted by Crippen LogP contribution is -2.39. The lowest BCUT2D eigenvalue weighted by atomic mass is 10.1. The maximum atomic E-state index is 4.68. The minimum absolute atomic E-state index is 0. The van der Waals surface area contributed by atoms with Gasteiger partial charge in [0.2, 0.25) is 0 Å². The number of nitrogens with one attached hydrogen (secondary N) is 2. The van der Waals surface area contributed by atoms with Gasteiger partial charge in [-0.3, -0.25) is 4.99 Å². The van der Waals surface area contributed by atoms with Gasteiger partial charge in [0.05, 0.1) is 10.7 Å². The maximum absolute atomic E-state index is 4.68. The fourth-order valence-corrected chi connectivity index (χ4v) is 4.16. The Balaban J connectivity index is 0.00000288. The quantitative estimate of drug-likeness (QED) is 0.356. The molecule has 0 radical (unpaired) electrons. The summed E-state index contributed by atoms with van der Waals surface area (Å²) in [4.78, 5) is 10.3.